The second-order valence-corrected chi connectivity index (χ2v) is 8.01. The normalized spacial score (nSPS) is 32.2. The zero-order valence-electron chi connectivity index (χ0n) is 14.9. The van der Waals surface area contributed by atoms with Crippen LogP contribution in [0.3, 0.4) is 0 Å². The van der Waals surface area contributed by atoms with E-state index in [2.05, 4.69) is 39.6 Å². The average molecular weight is 475 g/mol. The molecule has 6 heteroatoms. The highest BCUT2D eigenvalue weighted by molar-refractivity contribution is 14.0. The molecule has 0 radical (unpaired) electrons. The number of hydrogen-bond acceptors (Lipinski definition) is 2. The summed E-state index contributed by atoms with van der Waals surface area (Å²) in [7, 11) is 1.86. The van der Waals surface area contributed by atoms with Crippen LogP contribution >= 0.6 is 35.6 Å². The fourth-order valence-electron chi connectivity index (χ4n) is 4.08. The van der Waals surface area contributed by atoms with Crippen molar-refractivity contribution in [2.45, 2.75) is 62.7 Å². The highest BCUT2D eigenvalue weighted by Gasteiger charge is 2.41. The maximum atomic E-state index is 6.11. The Morgan fingerprint density at radius 1 is 1.24 bits per heavy atom. The summed E-state index contributed by atoms with van der Waals surface area (Å²) in [5.74, 6) is 1.49. The number of nitrogens with one attached hydrogen (secondary N) is 2. The number of rotatable bonds is 4. The van der Waals surface area contributed by atoms with Crippen LogP contribution in [0.15, 0.2) is 29.3 Å². The first kappa shape index (κ1) is 19.2. The number of benzene rings is 1. The molecule has 1 saturated heterocycles. The van der Waals surface area contributed by atoms with E-state index in [1.165, 1.54) is 24.8 Å². The third kappa shape index (κ3) is 4.61. The van der Waals surface area contributed by atoms with Gasteiger partial charge in [-0.1, -0.05) is 23.7 Å². The summed E-state index contributed by atoms with van der Waals surface area (Å²) in [6, 6.07) is 10.7. The van der Waals surface area contributed by atoms with E-state index < -0.39 is 0 Å². The highest BCUT2D eigenvalue weighted by atomic mass is 127. The Hall–Kier alpha value is -0.530. The molecule has 0 amide bonds. The molecule has 1 aromatic rings. The van der Waals surface area contributed by atoms with Crippen molar-refractivity contribution in [2.24, 2.45) is 4.99 Å². The Balaban J connectivity index is 0.00000182. The molecule has 2 aliphatic carbocycles. The lowest BCUT2D eigenvalue weighted by Crippen LogP contribution is -2.45. The van der Waals surface area contributed by atoms with E-state index in [1.807, 2.05) is 19.2 Å². The average Bonchev–Trinajstić information content (AvgIpc) is 3.47. The predicted octanol–water partition coefficient (Wildman–Crippen LogP) is 3.60. The van der Waals surface area contributed by atoms with E-state index in [9.17, 15) is 0 Å². The summed E-state index contributed by atoms with van der Waals surface area (Å²) in [5, 5.41) is 8.04. The van der Waals surface area contributed by atoms with Crippen LogP contribution in [0.4, 0.5) is 0 Å². The standard InChI is InChI=1S/C19H27ClN4.HI/c1-12-8-15(11-24(12)16-6-7-16)22-19(21-2)23-18-10-17(18)13-4-3-5-14(20)9-13;/h3-5,9,12,15-18H,6-8,10-11H2,1-2H3,(H2,21,22,23);1H. The second kappa shape index (κ2) is 8.01. The van der Waals surface area contributed by atoms with Crippen molar-refractivity contribution in [1.29, 1.82) is 0 Å². The highest BCUT2D eigenvalue weighted by Crippen LogP contribution is 2.41. The molecule has 4 nitrogen and oxygen atoms in total. The molecule has 1 aliphatic heterocycles. The number of hydrogen-bond donors (Lipinski definition) is 2. The van der Waals surface area contributed by atoms with Crippen LogP contribution in [0.5, 0.6) is 0 Å². The molecular weight excluding hydrogens is 447 g/mol. The van der Waals surface area contributed by atoms with Crippen molar-refractivity contribution in [2.75, 3.05) is 13.6 Å². The van der Waals surface area contributed by atoms with Crippen LogP contribution in [0.2, 0.25) is 5.02 Å². The van der Waals surface area contributed by atoms with Gasteiger partial charge in [0, 0.05) is 48.7 Å². The van der Waals surface area contributed by atoms with Gasteiger partial charge in [0.25, 0.3) is 0 Å². The molecule has 1 aromatic carbocycles. The minimum absolute atomic E-state index is 0. The van der Waals surface area contributed by atoms with Gasteiger partial charge in [-0.25, -0.2) is 0 Å². The van der Waals surface area contributed by atoms with Gasteiger partial charge in [0.2, 0.25) is 0 Å². The molecule has 138 valence electrons. The smallest absolute Gasteiger partial charge is 0.191 e. The van der Waals surface area contributed by atoms with Gasteiger partial charge in [0.15, 0.2) is 5.96 Å². The molecule has 3 fully saturated rings. The van der Waals surface area contributed by atoms with Crippen LogP contribution in [0.25, 0.3) is 0 Å². The van der Waals surface area contributed by atoms with Gasteiger partial charge in [-0.3, -0.25) is 9.89 Å². The Bertz CT molecular complexity index is 634. The lowest BCUT2D eigenvalue weighted by atomic mass is 10.1. The van der Waals surface area contributed by atoms with E-state index in [1.54, 1.807) is 0 Å². The maximum Gasteiger partial charge on any atom is 0.191 e. The van der Waals surface area contributed by atoms with Gasteiger partial charge in [0.1, 0.15) is 0 Å². The lowest BCUT2D eigenvalue weighted by molar-refractivity contribution is 0.256. The monoisotopic (exact) mass is 474 g/mol. The summed E-state index contributed by atoms with van der Waals surface area (Å²) < 4.78 is 0. The Morgan fingerprint density at radius 2 is 2.04 bits per heavy atom. The first-order valence-electron chi connectivity index (χ1n) is 9.15. The molecule has 2 saturated carbocycles. The number of aliphatic imine (C=N–C) groups is 1. The van der Waals surface area contributed by atoms with Gasteiger partial charge in [-0.2, -0.15) is 0 Å². The molecule has 2 N–H and O–H groups in total. The van der Waals surface area contributed by atoms with E-state index in [0.29, 0.717) is 24.0 Å². The van der Waals surface area contributed by atoms with Crippen LogP contribution in [-0.2, 0) is 0 Å². The molecule has 0 bridgehead atoms. The van der Waals surface area contributed by atoms with Crippen molar-refractivity contribution in [3.8, 4) is 0 Å². The third-order valence-electron chi connectivity index (χ3n) is 5.59. The summed E-state index contributed by atoms with van der Waals surface area (Å²) in [6.45, 7) is 3.50. The predicted molar refractivity (Wildman–Crippen MR) is 115 cm³/mol. The van der Waals surface area contributed by atoms with Gasteiger partial charge in [0.05, 0.1) is 0 Å². The fourth-order valence-corrected chi connectivity index (χ4v) is 4.27. The zero-order valence-corrected chi connectivity index (χ0v) is 18.0. The minimum Gasteiger partial charge on any atom is -0.353 e. The number of likely N-dealkylation sites (tertiary alicyclic amines) is 1. The molecule has 0 aromatic heterocycles. The minimum atomic E-state index is 0. The second-order valence-electron chi connectivity index (χ2n) is 7.57. The van der Waals surface area contributed by atoms with E-state index >= 15 is 0 Å². The lowest BCUT2D eigenvalue weighted by Gasteiger charge is -2.20. The summed E-state index contributed by atoms with van der Waals surface area (Å²) >= 11 is 6.11. The first-order valence-corrected chi connectivity index (χ1v) is 9.53. The quantitative estimate of drug-likeness (QED) is 0.398. The van der Waals surface area contributed by atoms with E-state index in [-0.39, 0.29) is 24.0 Å². The van der Waals surface area contributed by atoms with Crippen molar-refractivity contribution in [3.05, 3.63) is 34.9 Å². The largest absolute Gasteiger partial charge is 0.353 e. The van der Waals surface area contributed by atoms with Crippen molar-refractivity contribution in [1.82, 2.24) is 15.5 Å². The van der Waals surface area contributed by atoms with Crippen molar-refractivity contribution in [3.63, 3.8) is 0 Å². The Kier molecular flexibility index (Phi) is 6.16. The van der Waals surface area contributed by atoms with Gasteiger partial charge in [-0.05, 0) is 50.3 Å². The van der Waals surface area contributed by atoms with Crippen molar-refractivity contribution < 1.29 is 0 Å². The van der Waals surface area contributed by atoms with E-state index in [0.717, 1.165) is 30.0 Å². The van der Waals surface area contributed by atoms with Gasteiger partial charge < -0.3 is 10.6 Å². The molecular formula is C19H28ClIN4. The third-order valence-corrected chi connectivity index (χ3v) is 5.83. The molecule has 4 unspecified atom stereocenters. The number of halogens is 2. The zero-order chi connectivity index (χ0) is 16.7. The van der Waals surface area contributed by atoms with Crippen LogP contribution < -0.4 is 10.6 Å². The van der Waals surface area contributed by atoms with E-state index in [4.69, 9.17) is 11.6 Å². The summed E-state index contributed by atoms with van der Waals surface area (Å²) in [6.07, 6.45) is 5.12. The van der Waals surface area contributed by atoms with Crippen LogP contribution in [0, 0.1) is 0 Å². The van der Waals surface area contributed by atoms with Gasteiger partial charge in [-0.15, -0.1) is 24.0 Å². The molecule has 25 heavy (non-hydrogen) atoms. The molecule has 1 heterocycles. The Labute approximate surface area is 172 Å². The maximum absolute atomic E-state index is 6.11. The van der Waals surface area contributed by atoms with Crippen LogP contribution in [-0.4, -0.2) is 48.6 Å². The number of guanidine groups is 1. The molecule has 4 atom stereocenters. The topological polar surface area (TPSA) is 39.7 Å². The molecule has 3 aliphatic rings. The number of nitrogens with zero attached hydrogens (tertiary/aromatic N) is 2. The molecule has 4 rings (SSSR count). The Morgan fingerprint density at radius 3 is 2.72 bits per heavy atom. The van der Waals surface area contributed by atoms with Gasteiger partial charge >= 0.3 is 0 Å². The summed E-state index contributed by atoms with van der Waals surface area (Å²) in [4.78, 5) is 7.10. The van der Waals surface area contributed by atoms with Crippen molar-refractivity contribution >= 4 is 41.5 Å². The fraction of sp³-hybridized carbons (Fsp3) is 0.632. The SMILES string of the molecule is CN=C(NC1CC(C)N(C2CC2)C1)NC1CC1c1cccc(Cl)c1.I. The molecule has 0 spiro atoms. The first-order chi connectivity index (χ1) is 11.6. The van der Waals surface area contributed by atoms with Crippen LogP contribution in [0.1, 0.15) is 44.1 Å². The summed E-state index contributed by atoms with van der Waals surface area (Å²) in [5.41, 5.74) is 1.32.